The van der Waals surface area contributed by atoms with E-state index in [1.165, 1.54) is 18.2 Å². The lowest BCUT2D eigenvalue weighted by Gasteiger charge is -2.27. The Balaban J connectivity index is 1.92. The van der Waals surface area contributed by atoms with Crippen LogP contribution in [0.3, 0.4) is 0 Å². The lowest BCUT2D eigenvalue weighted by Crippen LogP contribution is -2.48. The molecule has 0 saturated heterocycles. The van der Waals surface area contributed by atoms with E-state index in [1.807, 2.05) is 13.8 Å². The number of rotatable bonds is 5. The lowest BCUT2D eigenvalue weighted by atomic mass is 10.0. The number of imide groups is 1. The van der Waals surface area contributed by atoms with Gasteiger partial charge in [0.15, 0.2) is 0 Å². The summed E-state index contributed by atoms with van der Waals surface area (Å²) in [6, 6.07) is 8.00. The summed E-state index contributed by atoms with van der Waals surface area (Å²) in [5, 5.41) is 1.89. The maximum Gasteiger partial charge on any atom is 0.417 e. The highest BCUT2D eigenvalue weighted by atomic mass is 35.5. The zero-order chi connectivity index (χ0) is 22.2. The quantitative estimate of drug-likeness (QED) is 0.667. The molecule has 0 aliphatic carbocycles. The van der Waals surface area contributed by atoms with Crippen molar-refractivity contribution in [2.24, 2.45) is 5.92 Å². The summed E-state index contributed by atoms with van der Waals surface area (Å²) in [5.74, 6) is -2.04. The molecule has 2 aromatic carbocycles. The van der Waals surface area contributed by atoms with Crippen LogP contribution in [0.15, 0.2) is 42.5 Å². The van der Waals surface area contributed by atoms with Gasteiger partial charge >= 0.3 is 6.18 Å². The Hall–Kier alpha value is -2.87. The molecule has 0 saturated carbocycles. The van der Waals surface area contributed by atoms with Gasteiger partial charge in [0, 0.05) is 5.69 Å². The maximum atomic E-state index is 13.1. The lowest BCUT2D eigenvalue weighted by molar-refractivity contribution is -0.137. The molecule has 0 unspecified atom stereocenters. The van der Waals surface area contributed by atoms with E-state index in [0.717, 1.165) is 17.0 Å². The summed E-state index contributed by atoms with van der Waals surface area (Å²) in [5.41, 5.74) is -0.852. The summed E-state index contributed by atoms with van der Waals surface area (Å²) in [6.45, 7) is 3.62. The van der Waals surface area contributed by atoms with Crippen molar-refractivity contribution in [3.63, 3.8) is 0 Å². The van der Waals surface area contributed by atoms with Gasteiger partial charge in [-0.3, -0.25) is 19.3 Å². The summed E-state index contributed by atoms with van der Waals surface area (Å²) in [6.07, 6.45) is -4.55. The minimum absolute atomic E-state index is 0.0685. The van der Waals surface area contributed by atoms with Gasteiger partial charge in [-0.25, -0.2) is 0 Å². The van der Waals surface area contributed by atoms with Crippen LogP contribution < -0.4 is 5.32 Å². The molecule has 1 aliphatic heterocycles. The largest absolute Gasteiger partial charge is 0.417 e. The van der Waals surface area contributed by atoms with E-state index in [0.29, 0.717) is 0 Å². The van der Waals surface area contributed by atoms with E-state index in [4.69, 9.17) is 11.6 Å². The van der Waals surface area contributed by atoms with Crippen LogP contribution in [0, 0.1) is 5.92 Å². The Kier molecular flexibility index (Phi) is 5.90. The summed E-state index contributed by atoms with van der Waals surface area (Å²) in [7, 11) is 0. The molecule has 158 valence electrons. The molecule has 0 fully saturated rings. The number of hydrogen-bond donors (Lipinski definition) is 1. The number of amides is 3. The smallest absolute Gasteiger partial charge is 0.324 e. The predicted molar refractivity (Wildman–Crippen MR) is 105 cm³/mol. The maximum absolute atomic E-state index is 13.1. The van der Waals surface area contributed by atoms with Crippen LogP contribution in [0.1, 0.15) is 46.5 Å². The highest BCUT2D eigenvalue weighted by molar-refractivity contribution is 6.31. The monoisotopic (exact) mass is 438 g/mol. The number of carbonyl (C=O) groups excluding carboxylic acids is 3. The minimum Gasteiger partial charge on any atom is -0.324 e. The number of anilines is 1. The van der Waals surface area contributed by atoms with Crippen molar-refractivity contribution in [2.75, 3.05) is 5.32 Å². The van der Waals surface area contributed by atoms with Gasteiger partial charge in [-0.1, -0.05) is 37.6 Å². The Morgan fingerprint density at radius 2 is 1.63 bits per heavy atom. The van der Waals surface area contributed by atoms with E-state index in [-0.39, 0.29) is 29.2 Å². The summed E-state index contributed by atoms with van der Waals surface area (Å²) in [4.78, 5) is 39.4. The molecular weight excluding hydrogens is 421 g/mol. The molecule has 9 heteroatoms. The predicted octanol–water partition coefficient (Wildman–Crippen LogP) is 5.01. The van der Waals surface area contributed by atoms with Crippen molar-refractivity contribution in [3.8, 4) is 0 Å². The van der Waals surface area contributed by atoms with Gasteiger partial charge in [-0.15, -0.1) is 0 Å². The Morgan fingerprint density at radius 3 is 2.13 bits per heavy atom. The fraction of sp³-hybridized carbons (Fsp3) is 0.286. The standard InChI is InChI=1S/C21H18ClF3N2O3/c1-11(2)9-17(27-19(29)13-5-3-4-6-14(13)20(27)30)18(28)26-12-7-8-16(22)15(10-12)21(23,24)25/h3-8,10-11,17H,9H2,1-2H3,(H,26,28)/t17-/m0/s1. The number of halogens is 4. The average molecular weight is 439 g/mol. The van der Waals surface area contributed by atoms with Gasteiger partial charge in [-0.05, 0) is 42.7 Å². The second kappa shape index (κ2) is 8.10. The van der Waals surface area contributed by atoms with Crippen LogP contribution in [-0.4, -0.2) is 28.7 Å². The molecule has 3 amide bonds. The Bertz CT molecular complexity index is 986. The van der Waals surface area contributed by atoms with Crippen molar-refractivity contribution in [1.82, 2.24) is 4.90 Å². The topological polar surface area (TPSA) is 66.5 Å². The second-order valence-electron chi connectivity index (χ2n) is 7.35. The molecule has 1 aliphatic rings. The van der Waals surface area contributed by atoms with Gasteiger partial charge in [0.2, 0.25) is 5.91 Å². The molecular formula is C21H18ClF3N2O3. The molecule has 30 heavy (non-hydrogen) atoms. The summed E-state index contributed by atoms with van der Waals surface area (Å²) >= 11 is 5.61. The molecule has 0 spiro atoms. The van der Waals surface area contributed by atoms with Gasteiger partial charge in [-0.2, -0.15) is 13.2 Å². The molecule has 0 bridgehead atoms. The van der Waals surface area contributed by atoms with E-state index in [9.17, 15) is 27.6 Å². The van der Waals surface area contributed by atoms with Crippen molar-refractivity contribution < 1.29 is 27.6 Å². The van der Waals surface area contributed by atoms with Crippen molar-refractivity contribution >= 4 is 35.0 Å². The average Bonchev–Trinajstić information content (AvgIpc) is 2.91. The number of hydrogen-bond acceptors (Lipinski definition) is 3. The molecule has 1 heterocycles. The van der Waals surface area contributed by atoms with Crippen LogP contribution >= 0.6 is 11.6 Å². The first-order chi connectivity index (χ1) is 14.0. The molecule has 3 rings (SSSR count). The Labute approximate surface area is 175 Å². The first-order valence-electron chi connectivity index (χ1n) is 9.15. The van der Waals surface area contributed by atoms with Crippen LogP contribution in [0.5, 0.6) is 0 Å². The molecule has 0 aromatic heterocycles. The van der Waals surface area contributed by atoms with Crippen molar-refractivity contribution in [1.29, 1.82) is 0 Å². The highest BCUT2D eigenvalue weighted by Gasteiger charge is 2.43. The van der Waals surface area contributed by atoms with Crippen LogP contribution in [0.4, 0.5) is 18.9 Å². The zero-order valence-electron chi connectivity index (χ0n) is 16.1. The minimum atomic E-state index is -4.70. The van der Waals surface area contributed by atoms with Crippen LogP contribution in [0.25, 0.3) is 0 Å². The van der Waals surface area contributed by atoms with E-state index < -0.39 is 40.5 Å². The van der Waals surface area contributed by atoms with Gasteiger partial charge in [0.1, 0.15) is 6.04 Å². The number of nitrogens with zero attached hydrogens (tertiary/aromatic N) is 1. The fourth-order valence-corrected chi connectivity index (χ4v) is 3.54. The number of fused-ring (bicyclic) bond motifs is 1. The van der Waals surface area contributed by atoms with Crippen molar-refractivity contribution in [3.05, 3.63) is 64.2 Å². The SMILES string of the molecule is CC(C)C[C@@H](C(=O)Nc1ccc(Cl)c(C(F)(F)F)c1)N1C(=O)c2ccccc2C1=O. The zero-order valence-corrected chi connectivity index (χ0v) is 16.8. The van der Waals surface area contributed by atoms with Crippen molar-refractivity contribution in [2.45, 2.75) is 32.5 Å². The third-order valence-electron chi connectivity index (χ3n) is 4.67. The molecule has 5 nitrogen and oxygen atoms in total. The Morgan fingerprint density at radius 1 is 1.07 bits per heavy atom. The van der Waals surface area contributed by atoms with Gasteiger partial charge < -0.3 is 5.32 Å². The molecule has 1 N–H and O–H groups in total. The number of benzene rings is 2. The van der Waals surface area contributed by atoms with E-state index in [2.05, 4.69) is 5.32 Å². The van der Waals surface area contributed by atoms with E-state index in [1.54, 1.807) is 12.1 Å². The second-order valence-corrected chi connectivity index (χ2v) is 7.76. The van der Waals surface area contributed by atoms with Gasteiger partial charge in [0.25, 0.3) is 11.8 Å². The highest BCUT2D eigenvalue weighted by Crippen LogP contribution is 2.36. The number of nitrogens with one attached hydrogen (secondary N) is 1. The third kappa shape index (κ3) is 4.18. The number of carbonyl (C=O) groups is 3. The molecule has 2 aromatic rings. The normalized spacial score (nSPS) is 14.8. The number of alkyl halides is 3. The van der Waals surface area contributed by atoms with Crippen LogP contribution in [0.2, 0.25) is 5.02 Å². The van der Waals surface area contributed by atoms with E-state index >= 15 is 0 Å². The molecule has 0 radical (unpaired) electrons. The third-order valence-corrected chi connectivity index (χ3v) is 5.00. The fourth-order valence-electron chi connectivity index (χ4n) is 3.31. The first-order valence-corrected chi connectivity index (χ1v) is 9.53. The van der Waals surface area contributed by atoms with Gasteiger partial charge in [0.05, 0.1) is 21.7 Å². The first kappa shape index (κ1) is 21.8. The summed E-state index contributed by atoms with van der Waals surface area (Å²) < 4.78 is 39.3. The molecule has 1 atom stereocenters. The van der Waals surface area contributed by atoms with Crippen LogP contribution in [-0.2, 0) is 11.0 Å².